The Hall–Kier alpha value is -4.81. The highest BCUT2D eigenvalue weighted by Gasteiger charge is 2.40. The molecule has 15 heteroatoms. The van der Waals surface area contributed by atoms with E-state index in [0.717, 1.165) is 46.8 Å². The maximum absolute atomic E-state index is 12.6. The molecule has 2 aliphatic heterocycles. The van der Waals surface area contributed by atoms with Crippen LogP contribution in [0.15, 0.2) is 49.3 Å². The van der Waals surface area contributed by atoms with Gasteiger partial charge in [0.15, 0.2) is 5.82 Å². The molecular formula is C31H36N10O4S. The monoisotopic (exact) mass is 644 g/mol. The molecule has 0 atom stereocenters. The van der Waals surface area contributed by atoms with Gasteiger partial charge in [-0.25, -0.2) is 23.4 Å². The summed E-state index contributed by atoms with van der Waals surface area (Å²) in [5, 5.41) is 18.2. The van der Waals surface area contributed by atoms with E-state index in [-0.39, 0.29) is 11.7 Å². The lowest BCUT2D eigenvalue weighted by molar-refractivity contribution is -0.122. The smallest absolute Gasteiger partial charge is 0.290 e. The quantitative estimate of drug-likeness (QED) is 0.233. The van der Waals surface area contributed by atoms with Crippen LogP contribution in [0.1, 0.15) is 43.2 Å². The third kappa shape index (κ3) is 6.87. The second kappa shape index (κ2) is 12.9. The van der Waals surface area contributed by atoms with Crippen LogP contribution in [-0.2, 0) is 21.9 Å². The molecule has 1 spiro atoms. The Morgan fingerprint density at radius 3 is 2.43 bits per heavy atom. The van der Waals surface area contributed by atoms with Gasteiger partial charge in [0.1, 0.15) is 11.6 Å². The van der Waals surface area contributed by atoms with Crippen LogP contribution in [0.4, 0.5) is 17.3 Å². The number of nitrogens with zero attached hydrogens (tertiary/aromatic N) is 9. The van der Waals surface area contributed by atoms with E-state index in [1.165, 1.54) is 31.9 Å². The minimum absolute atomic E-state index is 0.250. The normalized spacial score (nSPS) is 17.6. The number of carboxylic acid groups (broad SMARTS) is 1. The first-order chi connectivity index (χ1) is 22.2. The third-order valence-corrected chi connectivity index (χ3v) is 10.7. The molecular weight excluding hydrogens is 608 g/mol. The van der Waals surface area contributed by atoms with Crippen LogP contribution in [0, 0.1) is 17.3 Å². The summed E-state index contributed by atoms with van der Waals surface area (Å²) in [7, 11) is 0.634. The second-order valence-corrected chi connectivity index (χ2v) is 14.1. The van der Waals surface area contributed by atoms with Gasteiger partial charge in [0.25, 0.3) is 16.5 Å². The van der Waals surface area contributed by atoms with E-state index in [0.29, 0.717) is 41.3 Å². The van der Waals surface area contributed by atoms with Crippen LogP contribution < -0.4 is 10.2 Å². The Kier molecular flexibility index (Phi) is 8.74. The van der Waals surface area contributed by atoms with Gasteiger partial charge < -0.3 is 20.2 Å². The van der Waals surface area contributed by atoms with Crippen LogP contribution in [0.3, 0.4) is 0 Å². The number of anilines is 3. The number of likely N-dealkylation sites (tertiary alicyclic amines) is 1. The minimum atomic E-state index is -3.46. The van der Waals surface area contributed by atoms with Crippen LogP contribution in [0.25, 0.3) is 11.4 Å². The second-order valence-electron chi connectivity index (χ2n) is 12.1. The van der Waals surface area contributed by atoms with E-state index in [1.807, 2.05) is 25.5 Å². The number of piperidine rings is 1. The van der Waals surface area contributed by atoms with Crippen molar-refractivity contribution in [1.82, 2.24) is 38.8 Å². The molecule has 4 aromatic heterocycles. The van der Waals surface area contributed by atoms with E-state index in [1.54, 1.807) is 23.1 Å². The summed E-state index contributed by atoms with van der Waals surface area (Å²) in [6.07, 6.45) is 15.0. The van der Waals surface area contributed by atoms with Gasteiger partial charge in [-0.05, 0) is 57.2 Å². The molecule has 0 radical (unpaired) electrons. The zero-order chi connectivity index (χ0) is 32.3. The first-order valence-electron chi connectivity index (χ1n) is 15.1. The Morgan fingerprint density at radius 2 is 1.76 bits per heavy atom. The standard InChI is InChI=1S/C30H34N10O2S.CH2O2/c1-37-12-8-30(21-37)9-13-39(14-10-30)26-15-28(32-17-23(26)4-3-22-16-33-38(2)19-22)35-27-7-11-31-29(36-27)24-18-34-40(20-24)43(41,42)25-5-6-25;2-1-3/h7,11,15-20,25H,5-6,8-10,12-14,21H2,1-2H3,(H,31,32,35,36);1H,(H,2,3). The summed E-state index contributed by atoms with van der Waals surface area (Å²) in [5.41, 5.74) is 3.69. The van der Waals surface area contributed by atoms with E-state index in [4.69, 9.17) is 9.90 Å². The van der Waals surface area contributed by atoms with Crippen molar-refractivity contribution in [3.05, 3.63) is 60.4 Å². The highest BCUT2D eigenvalue weighted by Crippen LogP contribution is 2.41. The summed E-state index contributed by atoms with van der Waals surface area (Å²) < 4.78 is 27.9. The summed E-state index contributed by atoms with van der Waals surface area (Å²) in [4.78, 5) is 26.9. The first-order valence-corrected chi connectivity index (χ1v) is 16.6. The lowest BCUT2D eigenvalue weighted by atomic mass is 9.77. The maximum Gasteiger partial charge on any atom is 0.290 e. The van der Waals surface area contributed by atoms with Gasteiger partial charge in [0.2, 0.25) is 0 Å². The molecule has 2 N–H and O–H groups in total. The molecule has 0 unspecified atom stereocenters. The van der Waals surface area contributed by atoms with Crippen molar-refractivity contribution in [1.29, 1.82) is 0 Å². The Morgan fingerprint density at radius 1 is 1.00 bits per heavy atom. The van der Waals surface area contributed by atoms with E-state index < -0.39 is 10.0 Å². The number of aryl methyl sites for hydroxylation is 1. The summed E-state index contributed by atoms with van der Waals surface area (Å²) in [6.45, 7) is 4.01. The van der Waals surface area contributed by atoms with Crippen LogP contribution >= 0.6 is 0 Å². The highest BCUT2D eigenvalue weighted by molar-refractivity contribution is 7.90. The highest BCUT2D eigenvalue weighted by atomic mass is 32.2. The molecule has 7 rings (SSSR count). The molecule has 46 heavy (non-hydrogen) atoms. The van der Waals surface area contributed by atoms with E-state index in [2.05, 4.69) is 59.2 Å². The third-order valence-electron chi connectivity index (χ3n) is 8.66. The van der Waals surface area contributed by atoms with Crippen molar-refractivity contribution in [2.75, 3.05) is 43.4 Å². The van der Waals surface area contributed by atoms with Crippen LogP contribution in [-0.4, -0.2) is 97.3 Å². The predicted molar refractivity (Wildman–Crippen MR) is 172 cm³/mol. The number of rotatable bonds is 6. The Bertz CT molecular complexity index is 1880. The lowest BCUT2D eigenvalue weighted by Crippen LogP contribution is -2.41. The van der Waals surface area contributed by atoms with Gasteiger partial charge in [0.05, 0.1) is 46.2 Å². The minimum Gasteiger partial charge on any atom is -0.483 e. The maximum atomic E-state index is 12.6. The van der Waals surface area contributed by atoms with Gasteiger partial charge in [-0.1, -0.05) is 11.8 Å². The topological polar surface area (TPSA) is 164 Å². The molecule has 3 fully saturated rings. The fourth-order valence-corrected chi connectivity index (χ4v) is 7.54. The van der Waals surface area contributed by atoms with Crippen molar-refractivity contribution >= 4 is 33.8 Å². The number of pyridine rings is 1. The number of hydrogen-bond acceptors (Lipinski definition) is 11. The number of hydrogen-bond donors (Lipinski definition) is 2. The average Bonchev–Trinajstić information content (AvgIpc) is 3.47. The molecule has 0 bridgehead atoms. The molecule has 0 aromatic carbocycles. The summed E-state index contributed by atoms with van der Waals surface area (Å²) >= 11 is 0. The molecule has 14 nitrogen and oxygen atoms in total. The van der Waals surface area contributed by atoms with Gasteiger partial charge >= 0.3 is 0 Å². The van der Waals surface area contributed by atoms with E-state index >= 15 is 0 Å². The predicted octanol–water partition coefficient (Wildman–Crippen LogP) is 2.58. The molecule has 6 heterocycles. The molecule has 1 saturated carbocycles. The molecule has 0 amide bonds. The lowest BCUT2D eigenvalue weighted by Gasteiger charge is -2.40. The van der Waals surface area contributed by atoms with Gasteiger partial charge in [-0.3, -0.25) is 9.48 Å². The van der Waals surface area contributed by atoms with Crippen molar-refractivity contribution in [2.45, 2.75) is 37.4 Å². The zero-order valence-electron chi connectivity index (χ0n) is 25.7. The van der Waals surface area contributed by atoms with Gasteiger partial charge in [-0.2, -0.15) is 14.3 Å². The van der Waals surface area contributed by atoms with Crippen molar-refractivity contribution in [2.24, 2.45) is 12.5 Å². The first kappa shape index (κ1) is 31.2. The van der Waals surface area contributed by atoms with Crippen LogP contribution in [0.2, 0.25) is 0 Å². The summed E-state index contributed by atoms with van der Waals surface area (Å²) in [6, 6.07) is 3.79. The Labute approximate surface area is 267 Å². The van der Waals surface area contributed by atoms with Gasteiger partial charge in [-0.15, -0.1) is 0 Å². The summed E-state index contributed by atoms with van der Waals surface area (Å²) in [5.74, 6) is 8.13. The molecule has 4 aromatic rings. The van der Waals surface area contributed by atoms with Crippen molar-refractivity contribution in [3.63, 3.8) is 0 Å². The SMILES string of the molecule is CN1CCC2(CCN(c3cc(Nc4ccnc(-c5cnn(S(=O)(=O)C6CC6)c5)n4)ncc3C#Cc3cnn(C)c3)CC2)C1.O=CO. The average molecular weight is 645 g/mol. The molecule has 3 aliphatic rings. The van der Waals surface area contributed by atoms with E-state index in [9.17, 15) is 8.42 Å². The Balaban J connectivity index is 0.00000119. The van der Waals surface area contributed by atoms with Crippen molar-refractivity contribution < 1.29 is 18.3 Å². The zero-order valence-corrected chi connectivity index (χ0v) is 26.6. The number of carbonyl (C=O) groups is 1. The molecule has 240 valence electrons. The fourth-order valence-electron chi connectivity index (χ4n) is 6.06. The number of nitrogens with one attached hydrogen (secondary N) is 1. The molecule has 2 saturated heterocycles. The van der Waals surface area contributed by atoms with Crippen LogP contribution in [0.5, 0.6) is 0 Å². The van der Waals surface area contributed by atoms with Gasteiger partial charge in [0, 0.05) is 51.3 Å². The fraction of sp³-hybridized carbons (Fsp3) is 0.419. The largest absolute Gasteiger partial charge is 0.483 e. The van der Waals surface area contributed by atoms with Crippen molar-refractivity contribution in [3.8, 4) is 23.2 Å². The number of aromatic nitrogens is 7. The molecule has 1 aliphatic carbocycles.